The minimum absolute atomic E-state index is 0.421. The number of rotatable bonds is 11. The first kappa shape index (κ1) is 17.1. The SMILES string of the molecule is CCCCCCOCC(O)CNCc1sccc1Br. The van der Waals surface area contributed by atoms with Crippen LogP contribution >= 0.6 is 27.3 Å². The molecule has 110 valence electrons. The lowest BCUT2D eigenvalue weighted by Gasteiger charge is -2.12. The molecule has 1 heterocycles. The molecule has 0 aromatic carbocycles. The second kappa shape index (κ2) is 10.8. The molecule has 1 atom stereocenters. The van der Waals surface area contributed by atoms with E-state index in [-0.39, 0.29) is 0 Å². The Hall–Kier alpha value is 0.0600. The van der Waals surface area contributed by atoms with Crippen LogP contribution in [0.2, 0.25) is 0 Å². The van der Waals surface area contributed by atoms with Crippen molar-refractivity contribution in [1.29, 1.82) is 0 Å². The minimum atomic E-state index is -0.426. The van der Waals surface area contributed by atoms with Gasteiger partial charge in [-0.2, -0.15) is 0 Å². The fourth-order valence-corrected chi connectivity index (χ4v) is 3.17. The largest absolute Gasteiger partial charge is 0.389 e. The molecule has 1 aromatic rings. The molecule has 0 amide bonds. The zero-order valence-electron chi connectivity index (χ0n) is 11.5. The molecule has 0 aliphatic heterocycles. The molecule has 0 fully saturated rings. The predicted octanol–water partition coefficient (Wildman–Crippen LogP) is 3.56. The van der Waals surface area contributed by atoms with Crippen molar-refractivity contribution in [2.75, 3.05) is 19.8 Å². The van der Waals surface area contributed by atoms with Crippen LogP contribution in [0.25, 0.3) is 0 Å². The first-order valence-corrected chi connectivity index (χ1v) is 8.59. The third kappa shape index (κ3) is 8.05. The van der Waals surface area contributed by atoms with Gasteiger partial charge in [0.15, 0.2) is 0 Å². The van der Waals surface area contributed by atoms with Crippen molar-refractivity contribution in [1.82, 2.24) is 5.32 Å². The number of hydrogen-bond donors (Lipinski definition) is 2. The van der Waals surface area contributed by atoms with Gasteiger partial charge in [0.05, 0.1) is 12.7 Å². The second-order valence-corrected chi connectivity index (χ2v) is 6.47. The lowest BCUT2D eigenvalue weighted by Crippen LogP contribution is -2.30. The van der Waals surface area contributed by atoms with Gasteiger partial charge in [-0.1, -0.05) is 26.2 Å². The van der Waals surface area contributed by atoms with Crippen LogP contribution in [-0.2, 0) is 11.3 Å². The van der Waals surface area contributed by atoms with Crippen LogP contribution in [0.5, 0.6) is 0 Å². The topological polar surface area (TPSA) is 41.5 Å². The molecule has 1 rings (SSSR count). The average Bonchev–Trinajstić information content (AvgIpc) is 2.79. The summed E-state index contributed by atoms with van der Waals surface area (Å²) in [5.74, 6) is 0. The molecule has 1 unspecified atom stereocenters. The highest BCUT2D eigenvalue weighted by Crippen LogP contribution is 2.21. The van der Waals surface area contributed by atoms with Crippen LogP contribution in [0.4, 0.5) is 0 Å². The Morgan fingerprint density at radius 3 is 2.95 bits per heavy atom. The maximum atomic E-state index is 9.75. The van der Waals surface area contributed by atoms with Gasteiger partial charge >= 0.3 is 0 Å². The monoisotopic (exact) mass is 349 g/mol. The predicted molar refractivity (Wildman–Crippen MR) is 84.7 cm³/mol. The summed E-state index contributed by atoms with van der Waals surface area (Å²) in [5.41, 5.74) is 0. The molecule has 0 aliphatic carbocycles. The summed E-state index contributed by atoms with van der Waals surface area (Å²) in [5, 5.41) is 15.0. The van der Waals surface area contributed by atoms with Crippen LogP contribution in [0.1, 0.15) is 37.5 Å². The Labute approximate surface area is 128 Å². The number of halogens is 1. The number of unbranched alkanes of at least 4 members (excludes halogenated alkanes) is 3. The van der Waals surface area contributed by atoms with E-state index < -0.39 is 6.10 Å². The summed E-state index contributed by atoms with van der Waals surface area (Å²) in [4.78, 5) is 1.26. The Bertz CT molecular complexity index is 333. The molecular formula is C14H24BrNO2S. The van der Waals surface area contributed by atoms with Gasteiger partial charge in [0, 0.05) is 29.0 Å². The molecule has 1 aromatic heterocycles. The van der Waals surface area contributed by atoms with E-state index in [0.29, 0.717) is 13.2 Å². The maximum absolute atomic E-state index is 9.75. The quantitative estimate of drug-likeness (QED) is 0.600. The molecule has 3 nitrogen and oxygen atoms in total. The van der Waals surface area contributed by atoms with Gasteiger partial charge in [-0.05, 0) is 33.8 Å². The third-order valence-corrected chi connectivity index (χ3v) is 4.74. The summed E-state index contributed by atoms with van der Waals surface area (Å²) in [6, 6.07) is 2.04. The normalized spacial score (nSPS) is 12.8. The van der Waals surface area contributed by atoms with Crippen LogP contribution in [0.3, 0.4) is 0 Å². The number of ether oxygens (including phenoxy) is 1. The number of thiophene rings is 1. The number of nitrogens with one attached hydrogen (secondary N) is 1. The summed E-state index contributed by atoms with van der Waals surface area (Å²) in [7, 11) is 0. The summed E-state index contributed by atoms with van der Waals surface area (Å²) >= 11 is 5.20. The zero-order chi connectivity index (χ0) is 13.9. The van der Waals surface area contributed by atoms with Gasteiger partial charge in [0.1, 0.15) is 0 Å². The second-order valence-electron chi connectivity index (χ2n) is 4.61. The molecule has 0 saturated carbocycles. The minimum Gasteiger partial charge on any atom is -0.389 e. The Morgan fingerprint density at radius 1 is 1.42 bits per heavy atom. The molecule has 0 saturated heterocycles. The highest BCUT2D eigenvalue weighted by molar-refractivity contribution is 9.10. The van der Waals surface area contributed by atoms with E-state index in [1.807, 2.05) is 6.07 Å². The Kier molecular flexibility index (Phi) is 9.73. The van der Waals surface area contributed by atoms with Crippen molar-refractivity contribution in [3.05, 3.63) is 20.8 Å². The number of aliphatic hydroxyl groups excluding tert-OH is 1. The van der Waals surface area contributed by atoms with Crippen molar-refractivity contribution < 1.29 is 9.84 Å². The number of hydrogen-bond acceptors (Lipinski definition) is 4. The van der Waals surface area contributed by atoms with Gasteiger partial charge in [-0.15, -0.1) is 11.3 Å². The van der Waals surface area contributed by atoms with Crippen molar-refractivity contribution in [2.24, 2.45) is 0 Å². The lowest BCUT2D eigenvalue weighted by molar-refractivity contribution is 0.0353. The summed E-state index contributed by atoms with van der Waals surface area (Å²) < 4.78 is 6.59. The van der Waals surface area contributed by atoms with Crippen molar-refractivity contribution in [3.63, 3.8) is 0 Å². The van der Waals surface area contributed by atoms with Crippen LogP contribution in [-0.4, -0.2) is 31.0 Å². The highest BCUT2D eigenvalue weighted by Gasteiger charge is 2.05. The lowest BCUT2D eigenvalue weighted by atomic mass is 10.2. The molecule has 2 N–H and O–H groups in total. The Balaban J connectivity index is 1.96. The first-order chi connectivity index (χ1) is 9.24. The molecular weight excluding hydrogens is 326 g/mol. The number of aliphatic hydroxyl groups is 1. The third-order valence-electron chi connectivity index (χ3n) is 2.81. The maximum Gasteiger partial charge on any atom is 0.0897 e. The van der Waals surface area contributed by atoms with Crippen LogP contribution < -0.4 is 5.32 Å². The van der Waals surface area contributed by atoms with Crippen molar-refractivity contribution >= 4 is 27.3 Å². The standard InChI is InChI=1S/C14H24BrNO2S/c1-2-3-4-5-7-18-11-12(17)9-16-10-14-13(15)6-8-19-14/h6,8,12,16-17H,2-5,7,9-11H2,1H3. The molecule has 0 aliphatic rings. The molecule has 0 spiro atoms. The smallest absolute Gasteiger partial charge is 0.0897 e. The summed E-state index contributed by atoms with van der Waals surface area (Å²) in [6.07, 6.45) is 4.39. The molecule has 0 radical (unpaired) electrons. The first-order valence-electron chi connectivity index (χ1n) is 6.92. The fourth-order valence-electron chi connectivity index (χ4n) is 1.71. The van der Waals surface area contributed by atoms with Gasteiger partial charge in [0.25, 0.3) is 0 Å². The fraction of sp³-hybridized carbons (Fsp3) is 0.714. The molecule has 5 heteroatoms. The van der Waals surface area contributed by atoms with Crippen LogP contribution in [0, 0.1) is 0 Å². The molecule has 19 heavy (non-hydrogen) atoms. The van der Waals surface area contributed by atoms with E-state index in [4.69, 9.17) is 4.74 Å². The van der Waals surface area contributed by atoms with E-state index in [0.717, 1.165) is 24.0 Å². The van der Waals surface area contributed by atoms with Crippen LogP contribution in [0.15, 0.2) is 15.9 Å². The van der Waals surface area contributed by atoms with Gasteiger partial charge in [-0.3, -0.25) is 0 Å². The van der Waals surface area contributed by atoms with Gasteiger partial charge in [-0.25, -0.2) is 0 Å². The van der Waals surface area contributed by atoms with E-state index in [1.165, 1.54) is 24.1 Å². The van der Waals surface area contributed by atoms with Crippen molar-refractivity contribution in [2.45, 2.75) is 45.3 Å². The van der Waals surface area contributed by atoms with E-state index in [1.54, 1.807) is 11.3 Å². The highest BCUT2D eigenvalue weighted by atomic mass is 79.9. The van der Waals surface area contributed by atoms with E-state index >= 15 is 0 Å². The van der Waals surface area contributed by atoms with Gasteiger partial charge < -0.3 is 15.2 Å². The zero-order valence-corrected chi connectivity index (χ0v) is 13.9. The van der Waals surface area contributed by atoms with E-state index in [2.05, 4.69) is 33.6 Å². The summed E-state index contributed by atoms with van der Waals surface area (Å²) in [6.45, 7) is 4.73. The van der Waals surface area contributed by atoms with Gasteiger partial charge in [0.2, 0.25) is 0 Å². The Morgan fingerprint density at radius 2 is 2.26 bits per heavy atom. The van der Waals surface area contributed by atoms with Crippen molar-refractivity contribution in [3.8, 4) is 0 Å². The molecule has 0 bridgehead atoms. The average molecular weight is 350 g/mol. The van der Waals surface area contributed by atoms with E-state index in [9.17, 15) is 5.11 Å².